The van der Waals surface area contributed by atoms with Crippen molar-refractivity contribution in [1.29, 1.82) is 0 Å². The fraction of sp³-hybridized carbons (Fsp3) is 0.174. The Morgan fingerprint density at radius 3 is 1.43 bits per heavy atom. The SMILES string of the molecule is Cc1nn2c3c(nc4ccccc4c13)B1c3c-2c2c4c(c3-n3nc(C)c5c6ccccc6nc1c53)C(C)(C)c1ccccc1N4c1ccccc1C2(C)C. The lowest BCUT2D eigenvalue weighted by molar-refractivity contribution is 0.589. The van der Waals surface area contributed by atoms with Gasteiger partial charge in [0.15, 0.2) is 0 Å². The Morgan fingerprint density at radius 1 is 0.519 bits per heavy atom. The normalized spacial score (nSPS) is 16.2. The molecule has 4 aliphatic heterocycles. The number of hydrogen-bond donors (Lipinski definition) is 0. The molecule has 9 aromatic rings. The standard InChI is InChI=1S/C46H34BN7/c1-23-33-25-15-7-11-19-29(25)48-43-38(33)53(50-23)41-35-40-36(42-37(41)47(43)44-39-34(24(2)51-54(39)42)26-16-8-12-20-30(26)49-44)46(5,6)28-18-10-14-22-32(28)52(40)31-21-13-9-17-27(31)45(35,3)4/h7-22H,1-6H3. The first-order valence-electron chi connectivity index (χ1n) is 19.0. The topological polar surface area (TPSA) is 64.7 Å². The first-order chi connectivity index (χ1) is 26.2. The average molecular weight is 696 g/mol. The molecule has 0 aliphatic carbocycles. The number of benzene rings is 5. The van der Waals surface area contributed by atoms with Gasteiger partial charge in [-0.2, -0.15) is 10.2 Å². The molecule has 0 atom stereocenters. The van der Waals surface area contributed by atoms with Gasteiger partial charge in [0, 0.05) is 54.7 Å². The number of fused-ring (bicyclic) bond motifs is 14. The summed E-state index contributed by atoms with van der Waals surface area (Å²) in [7, 11) is 0. The van der Waals surface area contributed by atoms with Crippen molar-refractivity contribution in [2.45, 2.75) is 52.4 Å². The van der Waals surface area contributed by atoms with Crippen LogP contribution in [0, 0.1) is 13.8 Å². The molecule has 13 rings (SSSR count). The fourth-order valence-corrected chi connectivity index (χ4v) is 11.1. The van der Waals surface area contributed by atoms with Crippen molar-refractivity contribution in [3.63, 3.8) is 0 Å². The number of anilines is 3. The van der Waals surface area contributed by atoms with Gasteiger partial charge < -0.3 is 4.90 Å². The lowest BCUT2D eigenvalue weighted by atomic mass is 9.36. The fourth-order valence-electron chi connectivity index (χ4n) is 11.1. The summed E-state index contributed by atoms with van der Waals surface area (Å²) in [5.41, 5.74) is 19.7. The molecule has 0 radical (unpaired) electrons. The van der Waals surface area contributed by atoms with Gasteiger partial charge in [-0.05, 0) is 54.7 Å². The number of nitrogens with zero attached hydrogens (tertiary/aromatic N) is 7. The van der Waals surface area contributed by atoms with E-state index >= 15 is 0 Å². The molecule has 0 unspecified atom stereocenters. The summed E-state index contributed by atoms with van der Waals surface area (Å²) in [6.45, 7) is 13.7. The van der Waals surface area contributed by atoms with Crippen LogP contribution in [0.1, 0.15) is 61.3 Å². The molecule has 0 amide bonds. The minimum absolute atomic E-state index is 0.239. The zero-order chi connectivity index (χ0) is 36.2. The Bertz CT molecular complexity index is 3060. The minimum Gasteiger partial charge on any atom is -0.309 e. The van der Waals surface area contributed by atoms with Crippen molar-refractivity contribution < 1.29 is 0 Å². The third-order valence-electron chi connectivity index (χ3n) is 13.3. The summed E-state index contributed by atoms with van der Waals surface area (Å²) in [5.74, 6) is 0. The Kier molecular flexibility index (Phi) is 4.91. The van der Waals surface area contributed by atoms with Crippen molar-refractivity contribution in [2.75, 3.05) is 4.90 Å². The van der Waals surface area contributed by atoms with Gasteiger partial charge >= 0.3 is 0 Å². The third kappa shape index (κ3) is 3.03. The van der Waals surface area contributed by atoms with Crippen LogP contribution < -0.4 is 21.5 Å². The molecule has 8 heteroatoms. The first-order valence-corrected chi connectivity index (χ1v) is 19.0. The zero-order valence-corrected chi connectivity index (χ0v) is 30.9. The zero-order valence-electron chi connectivity index (χ0n) is 30.9. The van der Waals surface area contributed by atoms with E-state index < -0.39 is 0 Å². The highest BCUT2D eigenvalue weighted by atomic mass is 15.3. The first kappa shape index (κ1) is 29.2. The molecular weight excluding hydrogens is 661 g/mol. The van der Waals surface area contributed by atoms with E-state index in [2.05, 4.69) is 153 Å². The summed E-state index contributed by atoms with van der Waals surface area (Å²) in [5, 5.41) is 15.6. The molecule has 5 aromatic carbocycles. The van der Waals surface area contributed by atoms with Gasteiger partial charge in [0.2, 0.25) is 0 Å². The molecule has 0 fully saturated rings. The second-order valence-corrected chi connectivity index (χ2v) is 16.7. The molecule has 0 bridgehead atoms. The number of hydrogen-bond acceptors (Lipinski definition) is 5. The predicted octanol–water partition coefficient (Wildman–Crippen LogP) is 7.97. The van der Waals surface area contributed by atoms with Crippen molar-refractivity contribution in [3.8, 4) is 11.4 Å². The number of aromatic nitrogens is 6. The van der Waals surface area contributed by atoms with Gasteiger partial charge in [0.25, 0.3) is 6.71 Å². The van der Waals surface area contributed by atoms with Crippen LogP contribution in [0.5, 0.6) is 0 Å². The lowest BCUT2D eigenvalue weighted by Gasteiger charge is -2.52. The highest BCUT2D eigenvalue weighted by Gasteiger charge is 2.54. The second kappa shape index (κ2) is 9.08. The Morgan fingerprint density at radius 2 is 0.944 bits per heavy atom. The maximum atomic E-state index is 5.62. The van der Waals surface area contributed by atoms with E-state index in [1.165, 1.54) is 44.8 Å². The van der Waals surface area contributed by atoms with E-state index in [0.29, 0.717) is 0 Å². The van der Waals surface area contributed by atoms with Crippen molar-refractivity contribution in [2.24, 2.45) is 0 Å². The van der Waals surface area contributed by atoms with Crippen molar-refractivity contribution in [3.05, 3.63) is 131 Å². The van der Waals surface area contributed by atoms with E-state index in [1.807, 2.05) is 0 Å². The third-order valence-corrected chi connectivity index (χ3v) is 13.3. The van der Waals surface area contributed by atoms with Crippen LogP contribution >= 0.6 is 0 Å². The highest BCUT2D eigenvalue weighted by molar-refractivity contribution is 6.99. The number of pyridine rings is 2. The maximum Gasteiger partial charge on any atom is 0.298 e. The minimum atomic E-state index is -0.380. The van der Waals surface area contributed by atoms with Crippen LogP contribution in [0.2, 0.25) is 0 Å². The van der Waals surface area contributed by atoms with E-state index in [0.717, 1.165) is 77.6 Å². The van der Waals surface area contributed by atoms with E-state index in [-0.39, 0.29) is 17.5 Å². The quantitative estimate of drug-likeness (QED) is 0.151. The van der Waals surface area contributed by atoms with E-state index in [1.54, 1.807) is 0 Å². The smallest absolute Gasteiger partial charge is 0.298 e. The van der Waals surface area contributed by atoms with Gasteiger partial charge in [-0.1, -0.05) is 100 Å². The molecule has 256 valence electrons. The molecule has 7 nitrogen and oxygen atoms in total. The van der Waals surface area contributed by atoms with Gasteiger partial charge in [-0.15, -0.1) is 0 Å². The van der Waals surface area contributed by atoms with E-state index in [9.17, 15) is 0 Å². The van der Waals surface area contributed by atoms with Crippen LogP contribution in [0.3, 0.4) is 0 Å². The second-order valence-electron chi connectivity index (χ2n) is 16.7. The van der Waals surface area contributed by atoms with Crippen LogP contribution in [-0.4, -0.2) is 36.2 Å². The molecule has 4 aliphatic rings. The predicted molar refractivity (Wildman–Crippen MR) is 219 cm³/mol. The summed E-state index contributed by atoms with van der Waals surface area (Å²) in [6, 6.07) is 35.1. The van der Waals surface area contributed by atoms with Crippen molar-refractivity contribution in [1.82, 2.24) is 29.5 Å². The summed E-state index contributed by atoms with van der Waals surface area (Å²) < 4.78 is 4.54. The molecule has 8 heterocycles. The molecule has 54 heavy (non-hydrogen) atoms. The van der Waals surface area contributed by atoms with Crippen LogP contribution in [-0.2, 0) is 10.8 Å². The van der Waals surface area contributed by atoms with E-state index in [4.69, 9.17) is 20.2 Å². The number of aryl methyl sites for hydroxylation is 2. The Hall–Kier alpha value is -6.28. The number of para-hydroxylation sites is 4. The molecule has 0 saturated heterocycles. The van der Waals surface area contributed by atoms with Crippen molar-refractivity contribution >= 4 is 84.0 Å². The monoisotopic (exact) mass is 695 g/mol. The summed E-state index contributed by atoms with van der Waals surface area (Å²) in [6.07, 6.45) is 0. The van der Waals surface area contributed by atoms with Gasteiger partial charge in [0.1, 0.15) is 0 Å². The Balaban J connectivity index is 1.35. The van der Waals surface area contributed by atoms with Gasteiger partial charge in [0.05, 0.1) is 61.9 Å². The van der Waals surface area contributed by atoms with Gasteiger partial charge in [-0.25, -0.2) is 9.36 Å². The van der Waals surface area contributed by atoms with Crippen LogP contribution in [0.4, 0.5) is 17.1 Å². The van der Waals surface area contributed by atoms with Crippen LogP contribution in [0.25, 0.3) is 55.0 Å². The largest absolute Gasteiger partial charge is 0.309 e. The molecule has 0 saturated carbocycles. The molecule has 0 spiro atoms. The average Bonchev–Trinajstić information content (AvgIpc) is 3.71. The summed E-state index contributed by atoms with van der Waals surface area (Å²) in [4.78, 5) is 13.8. The molecular formula is C46H34BN7. The highest BCUT2D eigenvalue weighted by Crippen LogP contribution is 2.62. The van der Waals surface area contributed by atoms with Crippen LogP contribution in [0.15, 0.2) is 97.1 Å². The molecule has 4 aromatic heterocycles. The summed E-state index contributed by atoms with van der Waals surface area (Å²) >= 11 is 0. The van der Waals surface area contributed by atoms with Gasteiger partial charge in [-0.3, -0.25) is 9.97 Å². The number of rotatable bonds is 0. The Labute approximate surface area is 312 Å². The lowest BCUT2D eigenvalue weighted by Crippen LogP contribution is -2.63. The molecule has 0 N–H and O–H groups in total. The maximum absolute atomic E-state index is 5.62.